The minimum atomic E-state index is -0.174. The first-order valence-electron chi connectivity index (χ1n) is 7.29. The Morgan fingerprint density at radius 2 is 1.91 bits per heavy atom. The molecule has 2 amide bonds. The summed E-state index contributed by atoms with van der Waals surface area (Å²) in [5.41, 5.74) is 2.16. The van der Waals surface area contributed by atoms with Gasteiger partial charge in [0.15, 0.2) is 0 Å². The van der Waals surface area contributed by atoms with Crippen molar-refractivity contribution >= 4 is 6.03 Å². The lowest BCUT2D eigenvalue weighted by Gasteiger charge is -2.25. The average molecular weight is 298 g/mol. The molecule has 0 aliphatic carbocycles. The molecule has 1 atom stereocenters. The molecule has 0 aliphatic heterocycles. The molecule has 1 aromatic carbocycles. The zero-order valence-electron chi connectivity index (χ0n) is 13.0. The number of pyridine rings is 1. The highest BCUT2D eigenvalue weighted by Crippen LogP contribution is 2.16. The highest BCUT2D eigenvalue weighted by atomic mass is 16.2. The summed E-state index contributed by atoms with van der Waals surface area (Å²) >= 11 is 0. The van der Waals surface area contributed by atoms with Gasteiger partial charge in [0.05, 0.1) is 6.04 Å². The van der Waals surface area contributed by atoms with E-state index in [1.54, 1.807) is 12.4 Å². The third kappa shape index (κ3) is 4.86. The van der Waals surface area contributed by atoms with Crippen molar-refractivity contribution in [1.82, 2.24) is 20.5 Å². The molecule has 0 saturated heterocycles. The molecule has 5 heteroatoms. The minimum Gasteiger partial charge on any atom is -0.336 e. The van der Waals surface area contributed by atoms with E-state index in [2.05, 4.69) is 32.7 Å². The Hall–Kier alpha value is -2.40. The Balaban J connectivity index is 1.83. The maximum absolute atomic E-state index is 11.9. The molecular weight excluding hydrogens is 276 g/mol. The van der Waals surface area contributed by atoms with Crippen LogP contribution >= 0.6 is 0 Å². The summed E-state index contributed by atoms with van der Waals surface area (Å²) in [4.78, 5) is 18.0. The standard InChI is InChI=1S/C17H22N4O/c1-21(2)16(15-8-4-3-5-9-15)13-20-17(22)19-12-14-7-6-10-18-11-14/h3-11,16H,12-13H2,1-2H3,(H2,19,20,22). The second-order valence-corrected chi connectivity index (χ2v) is 5.31. The second kappa shape index (κ2) is 8.14. The maximum atomic E-state index is 11.9. The van der Waals surface area contributed by atoms with E-state index in [0.717, 1.165) is 5.56 Å². The van der Waals surface area contributed by atoms with E-state index in [1.807, 2.05) is 44.4 Å². The van der Waals surface area contributed by atoms with Gasteiger partial charge in [0, 0.05) is 25.5 Å². The summed E-state index contributed by atoms with van der Waals surface area (Å²) in [6.45, 7) is 1.02. The van der Waals surface area contributed by atoms with Gasteiger partial charge in [-0.25, -0.2) is 4.79 Å². The lowest BCUT2D eigenvalue weighted by molar-refractivity contribution is 0.232. The number of amides is 2. The van der Waals surface area contributed by atoms with Crippen molar-refractivity contribution in [2.24, 2.45) is 0 Å². The molecule has 2 rings (SSSR count). The van der Waals surface area contributed by atoms with Gasteiger partial charge >= 0.3 is 6.03 Å². The number of rotatable bonds is 6. The Morgan fingerprint density at radius 3 is 2.55 bits per heavy atom. The number of aromatic nitrogens is 1. The van der Waals surface area contributed by atoms with Gasteiger partial charge in [-0.3, -0.25) is 4.98 Å². The second-order valence-electron chi connectivity index (χ2n) is 5.31. The summed E-state index contributed by atoms with van der Waals surface area (Å²) in [5, 5.41) is 5.76. The van der Waals surface area contributed by atoms with E-state index in [4.69, 9.17) is 0 Å². The van der Waals surface area contributed by atoms with Crippen molar-refractivity contribution in [3.8, 4) is 0 Å². The predicted octanol–water partition coefficient (Wildman–Crippen LogP) is 2.18. The molecule has 0 aliphatic rings. The van der Waals surface area contributed by atoms with Crippen LogP contribution in [0.4, 0.5) is 4.79 Å². The van der Waals surface area contributed by atoms with Gasteiger partial charge < -0.3 is 15.5 Å². The lowest BCUT2D eigenvalue weighted by atomic mass is 10.1. The average Bonchev–Trinajstić information content (AvgIpc) is 2.55. The van der Waals surface area contributed by atoms with Crippen molar-refractivity contribution in [3.63, 3.8) is 0 Å². The lowest BCUT2D eigenvalue weighted by Crippen LogP contribution is -2.40. The number of likely N-dealkylation sites (N-methyl/N-ethyl adjacent to an activating group) is 1. The molecule has 0 radical (unpaired) electrons. The van der Waals surface area contributed by atoms with Crippen LogP contribution in [0.2, 0.25) is 0 Å². The fourth-order valence-electron chi connectivity index (χ4n) is 2.21. The molecular formula is C17H22N4O. The molecule has 0 fully saturated rings. The molecule has 1 heterocycles. The quantitative estimate of drug-likeness (QED) is 0.859. The van der Waals surface area contributed by atoms with Crippen molar-refractivity contribution in [2.45, 2.75) is 12.6 Å². The van der Waals surface area contributed by atoms with Gasteiger partial charge in [-0.2, -0.15) is 0 Å². The van der Waals surface area contributed by atoms with Crippen LogP contribution in [0.15, 0.2) is 54.9 Å². The summed E-state index contributed by atoms with van der Waals surface area (Å²) in [6.07, 6.45) is 3.46. The maximum Gasteiger partial charge on any atom is 0.315 e. The minimum absolute atomic E-state index is 0.144. The van der Waals surface area contributed by atoms with Gasteiger partial charge in [0.1, 0.15) is 0 Å². The molecule has 2 N–H and O–H groups in total. The Labute approximate surface area is 131 Å². The fourth-order valence-corrected chi connectivity index (χ4v) is 2.21. The number of hydrogen-bond acceptors (Lipinski definition) is 3. The Kier molecular flexibility index (Phi) is 5.91. The van der Waals surface area contributed by atoms with Crippen molar-refractivity contribution in [2.75, 3.05) is 20.6 Å². The van der Waals surface area contributed by atoms with E-state index in [0.29, 0.717) is 13.1 Å². The van der Waals surface area contributed by atoms with Gasteiger partial charge in [-0.05, 0) is 31.3 Å². The van der Waals surface area contributed by atoms with E-state index in [9.17, 15) is 4.79 Å². The normalized spacial score (nSPS) is 12.0. The van der Waals surface area contributed by atoms with E-state index < -0.39 is 0 Å². The van der Waals surface area contributed by atoms with E-state index >= 15 is 0 Å². The van der Waals surface area contributed by atoms with Crippen molar-refractivity contribution in [3.05, 3.63) is 66.0 Å². The van der Waals surface area contributed by atoms with Crippen LogP contribution in [0, 0.1) is 0 Å². The molecule has 2 aromatic rings. The van der Waals surface area contributed by atoms with Crippen LogP contribution < -0.4 is 10.6 Å². The highest BCUT2D eigenvalue weighted by Gasteiger charge is 2.14. The zero-order chi connectivity index (χ0) is 15.8. The van der Waals surface area contributed by atoms with Crippen molar-refractivity contribution in [1.29, 1.82) is 0 Å². The Morgan fingerprint density at radius 1 is 1.14 bits per heavy atom. The van der Waals surface area contributed by atoms with Crippen molar-refractivity contribution < 1.29 is 4.79 Å². The van der Waals surface area contributed by atoms with Crippen LogP contribution in [0.1, 0.15) is 17.2 Å². The van der Waals surface area contributed by atoms with Crippen LogP contribution in [-0.2, 0) is 6.54 Å². The number of benzene rings is 1. The molecule has 0 saturated carbocycles. The summed E-state index contributed by atoms with van der Waals surface area (Å²) < 4.78 is 0. The molecule has 5 nitrogen and oxygen atoms in total. The molecule has 22 heavy (non-hydrogen) atoms. The molecule has 1 aromatic heterocycles. The highest BCUT2D eigenvalue weighted by molar-refractivity contribution is 5.73. The third-order valence-electron chi connectivity index (χ3n) is 3.44. The van der Waals surface area contributed by atoms with Gasteiger partial charge in [-0.15, -0.1) is 0 Å². The molecule has 0 spiro atoms. The Bertz CT molecular complexity index is 572. The summed E-state index contributed by atoms with van der Waals surface area (Å²) in [6, 6.07) is 13.9. The first-order chi connectivity index (χ1) is 10.7. The number of nitrogens with zero attached hydrogens (tertiary/aromatic N) is 2. The molecule has 116 valence electrons. The number of nitrogens with one attached hydrogen (secondary N) is 2. The van der Waals surface area contributed by atoms with Crippen LogP contribution in [0.5, 0.6) is 0 Å². The van der Waals surface area contributed by atoms with E-state index in [-0.39, 0.29) is 12.1 Å². The number of carbonyl (C=O) groups excluding carboxylic acids is 1. The fraction of sp³-hybridized carbons (Fsp3) is 0.294. The monoisotopic (exact) mass is 298 g/mol. The molecule has 1 unspecified atom stereocenters. The first-order valence-corrected chi connectivity index (χ1v) is 7.29. The largest absolute Gasteiger partial charge is 0.336 e. The zero-order valence-corrected chi connectivity index (χ0v) is 13.0. The van der Waals surface area contributed by atoms with E-state index in [1.165, 1.54) is 5.56 Å². The predicted molar refractivity (Wildman–Crippen MR) is 87.3 cm³/mol. The van der Waals surface area contributed by atoms with Gasteiger partial charge in [-0.1, -0.05) is 36.4 Å². The number of urea groups is 1. The number of carbonyl (C=O) groups is 1. The van der Waals surface area contributed by atoms with Gasteiger partial charge in [0.25, 0.3) is 0 Å². The van der Waals surface area contributed by atoms with Gasteiger partial charge in [0.2, 0.25) is 0 Å². The third-order valence-corrected chi connectivity index (χ3v) is 3.44. The topological polar surface area (TPSA) is 57.3 Å². The SMILES string of the molecule is CN(C)C(CNC(=O)NCc1cccnc1)c1ccccc1. The van der Waals surface area contributed by atoms with Crippen LogP contribution in [-0.4, -0.2) is 36.6 Å². The van der Waals surface area contributed by atoms with Crippen LogP contribution in [0.25, 0.3) is 0 Å². The number of hydrogen-bond donors (Lipinski definition) is 2. The smallest absolute Gasteiger partial charge is 0.315 e. The summed E-state index contributed by atoms with van der Waals surface area (Å²) in [5.74, 6) is 0. The summed E-state index contributed by atoms with van der Waals surface area (Å²) in [7, 11) is 4.01. The molecule has 0 bridgehead atoms. The van der Waals surface area contributed by atoms with Crippen LogP contribution in [0.3, 0.4) is 0 Å². The first kappa shape index (κ1) is 16.0.